The maximum absolute atomic E-state index is 12.1. The van der Waals surface area contributed by atoms with Crippen LogP contribution in [0.5, 0.6) is 0 Å². The van der Waals surface area contributed by atoms with E-state index in [0.29, 0.717) is 18.2 Å². The summed E-state index contributed by atoms with van der Waals surface area (Å²) in [5, 5.41) is 3.88. The minimum Gasteiger partial charge on any atom is -0.349 e. The molecule has 0 radical (unpaired) electrons. The molecule has 0 bridgehead atoms. The molecular weight excluding hydrogens is 250 g/mol. The molecule has 20 heavy (non-hydrogen) atoms. The van der Waals surface area contributed by atoms with E-state index in [9.17, 15) is 4.79 Å². The monoisotopic (exact) mass is 271 g/mol. The number of nitrogens with two attached hydrogens (primary N) is 1. The molecule has 2 atom stereocenters. The summed E-state index contributed by atoms with van der Waals surface area (Å²) in [7, 11) is 0. The SMILES string of the molecule is CCC(C)C(N)CNC(=O)c1ccc2ccccc2n1. The van der Waals surface area contributed by atoms with Gasteiger partial charge in [-0.05, 0) is 18.1 Å². The minimum atomic E-state index is -0.172. The van der Waals surface area contributed by atoms with Crippen LogP contribution in [0.15, 0.2) is 36.4 Å². The van der Waals surface area contributed by atoms with Crippen LogP contribution in [0.3, 0.4) is 0 Å². The molecule has 0 aliphatic rings. The molecule has 4 heteroatoms. The zero-order valence-electron chi connectivity index (χ0n) is 12.0. The number of aromatic nitrogens is 1. The summed E-state index contributed by atoms with van der Waals surface area (Å²) in [5.74, 6) is 0.217. The summed E-state index contributed by atoms with van der Waals surface area (Å²) in [6, 6.07) is 11.4. The van der Waals surface area contributed by atoms with Gasteiger partial charge < -0.3 is 11.1 Å². The third-order valence-corrected chi connectivity index (χ3v) is 3.70. The lowest BCUT2D eigenvalue weighted by Gasteiger charge is -2.18. The largest absolute Gasteiger partial charge is 0.349 e. The highest BCUT2D eigenvalue weighted by molar-refractivity contribution is 5.94. The average molecular weight is 271 g/mol. The first kappa shape index (κ1) is 14.5. The Morgan fingerprint density at radius 2 is 2.05 bits per heavy atom. The minimum absolute atomic E-state index is 0.0237. The van der Waals surface area contributed by atoms with Crippen LogP contribution in [-0.4, -0.2) is 23.5 Å². The first-order valence-corrected chi connectivity index (χ1v) is 7.01. The van der Waals surface area contributed by atoms with Crippen LogP contribution in [0.4, 0.5) is 0 Å². The molecule has 3 N–H and O–H groups in total. The molecule has 0 saturated heterocycles. The van der Waals surface area contributed by atoms with E-state index in [0.717, 1.165) is 17.3 Å². The Labute approximate surface area is 119 Å². The van der Waals surface area contributed by atoms with Gasteiger partial charge in [-0.15, -0.1) is 0 Å². The zero-order chi connectivity index (χ0) is 14.5. The standard InChI is InChI=1S/C16H21N3O/c1-3-11(2)13(17)10-18-16(20)15-9-8-12-6-4-5-7-14(12)19-15/h4-9,11,13H,3,10,17H2,1-2H3,(H,18,20). The van der Waals surface area contributed by atoms with Gasteiger partial charge >= 0.3 is 0 Å². The molecule has 0 spiro atoms. The number of benzene rings is 1. The van der Waals surface area contributed by atoms with E-state index < -0.39 is 0 Å². The van der Waals surface area contributed by atoms with Crippen molar-refractivity contribution in [2.45, 2.75) is 26.3 Å². The highest BCUT2D eigenvalue weighted by Gasteiger charge is 2.13. The van der Waals surface area contributed by atoms with Gasteiger partial charge in [0.2, 0.25) is 0 Å². The fraction of sp³-hybridized carbons (Fsp3) is 0.375. The fourth-order valence-corrected chi connectivity index (χ4v) is 2.00. The summed E-state index contributed by atoms with van der Waals surface area (Å²) in [4.78, 5) is 16.4. The van der Waals surface area contributed by atoms with E-state index in [1.165, 1.54) is 0 Å². The predicted octanol–water partition coefficient (Wildman–Crippen LogP) is 2.34. The molecule has 0 saturated carbocycles. The smallest absolute Gasteiger partial charge is 0.269 e. The number of nitrogens with one attached hydrogen (secondary N) is 1. The van der Waals surface area contributed by atoms with Crippen molar-refractivity contribution in [2.75, 3.05) is 6.54 Å². The van der Waals surface area contributed by atoms with Crippen molar-refractivity contribution in [1.29, 1.82) is 0 Å². The number of amides is 1. The third-order valence-electron chi connectivity index (χ3n) is 3.70. The van der Waals surface area contributed by atoms with Gasteiger partial charge in [0.1, 0.15) is 5.69 Å². The van der Waals surface area contributed by atoms with E-state index in [4.69, 9.17) is 5.73 Å². The number of para-hydroxylation sites is 1. The van der Waals surface area contributed by atoms with Crippen molar-refractivity contribution in [3.05, 3.63) is 42.1 Å². The maximum Gasteiger partial charge on any atom is 0.269 e. The second-order valence-electron chi connectivity index (χ2n) is 5.15. The molecule has 0 aliphatic heterocycles. The summed E-state index contributed by atoms with van der Waals surface area (Å²) in [6.45, 7) is 4.66. The quantitative estimate of drug-likeness (QED) is 0.877. The lowest BCUT2D eigenvalue weighted by Crippen LogP contribution is -2.41. The van der Waals surface area contributed by atoms with Gasteiger partial charge in [0, 0.05) is 18.0 Å². The molecule has 2 rings (SSSR count). The van der Waals surface area contributed by atoms with Crippen molar-refractivity contribution < 1.29 is 4.79 Å². The van der Waals surface area contributed by atoms with Crippen molar-refractivity contribution >= 4 is 16.8 Å². The van der Waals surface area contributed by atoms with Gasteiger partial charge in [0.15, 0.2) is 0 Å². The summed E-state index contributed by atoms with van der Waals surface area (Å²) in [5.41, 5.74) is 7.27. The normalized spacial score (nSPS) is 13.9. The lowest BCUT2D eigenvalue weighted by molar-refractivity contribution is 0.0944. The number of carbonyl (C=O) groups is 1. The number of carbonyl (C=O) groups excluding carboxylic acids is 1. The molecule has 0 fully saturated rings. The second kappa shape index (κ2) is 6.48. The van der Waals surface area contributed by atoms with Crippen molar-refractivity contribution in [1.82, 2.24) is 10.3 Å². The van der Waals surface area contributed by atoms with Crippen LogP contribution in [0, 0.1) is 5.92 Å². The highest BCUT2D eigenvalue weighted by atomic mass is 16.1. The van der Waals surface area contributed by atoms with Gasteiger partial charge in [-0.2, -0.15) is 0 Å². The van der Waals surface area contributed by atoms with Crippen molar-refractivity contribution in [3.8, 4) is 0 Å². The second-order valence-corrected chi connectivity index (χ2v) is 5.15. The van der Waals surface area contributed by atoms with Gasteiger partial charge in [-0.3, -0.25) is 4.79 Å². The first-order valence-electron chi connectivity index (χ1n) is 7.01. The van der Waals surface area contributed by atoms with Crippen LogP contribution >= 0.6 is 0 Å². The number of rotatable bonds is 5. The molecule has 1 amide bonds. The van der Waals surface area contributed by atoms with E-state index in [1.54, 1.807) is 6.07 Å². The zero-order valence-corrected chi connectivity index (χ0v) is 12.0. The molecule has 1 heterocycles. The number of pyridine rings is 1. The molecular formula is C16H21N3O. The fourth-order valence-electron chi connectivity index (χ4n) is 2.00. The van der Waals surface area contributed by atoms with E-state index in [2.05, 4.69) is 24.1 Å². The Morgan fingerprint density at radius 3 is 2.80 bits per heavy atom. The topological polar surface area (TPSA) is 68.0 Å². The van der Waals surface area contributed by atoms with Crippen LogP contribution in [0.25, 0.3) is 10.9 Å². The predicted molar refractivity (Wildman–Crippen MR) is 81.5 cm³/mol. The molecule has 1 aromatic carbocycles. The van der Waals surface area contributed by atoms with Crippen LogP contribution in [0.2, 0.25) is 0 Å². The molecule has 0 aliphatic carbocycles. The number of hydrogen-bond donors (Lipinski definition) is 2. The van der Waals surface area contributed by atoms with E-state index in [-0.39, 0.29) is 11.9 Å². The van der Waals surface area contributed by atoms with Gasteiger partial charge in [-0.1, -0.05) is 44.5 Å². The van der Waals surface area contributed by atoms with E-state index >= 15 is 0 Å². The lowest BCUT2D eigenvalue weighted by atomic mass is 10.0. The van der Waals surface area contributed by atoms with Gasteiger partial charge in [0.05, 0.1) is 5.52 Å². The summed E-state index contributed by atoms with van der Waals surface area (Å²) in [6.07, 6.45) is 1.01. The maximum atomic E-state index is 12.1. The number of fused-ring (bicyclic) bond motifs is 1. The van der Waals surface area contributed by atoms with Crippen LogP contribution in [-0.2, 0) is 0 Å². The Hall–Kier alpha value is -1.94. The molecule has 106 valence electrons. The molecule has 2 unspecified atom stereocenters. The average Bonchev–Trinajstić information content (AvgIpc) is 2.50. The van der Waals surface area contributed by atoms with Crippen LogP contribution in [0.1, 0.15) is 30.8 Å². The third kappa shape index (κ3) is 3.33. The Bertz CT molecular complexity index is 597. The number of hydrogen-bond acceptors (Lipinski definition) is 3. The summed E-state index contributed by atoms with van der Waals surface area (Å²) >= 11 is 0. The molecule has 2 aromatic rings. The first-order chi connectivity index (χ1) is 9.61. The van der Waals surface area contributed by atoms with Crippen LogP contribution < -0.4 is 11.1 Å². The van der Waals surface area contributed by atoms with E-state index in [1.807, 2.05) is 30.3 Å². The Morgan fingerprint density at radius 1 is 1.30 bits per heavy atom. The van der Waals surface area contributed by atoms with Crippen molar-refractivity contribution in [3.63, 3.8) is 0 Å². The highest BCUT2D eigenvalue weighted by Crippen LogP contribution is 2.11. The Balaban J connectivity index is 2.04. The van der Waals surface area contributed by atoms with Gasteiger partial charge in [-0.25, -0.2) is 4.98 Å². The Kier molecular flexibility index (Phi) is 4.69. The summed E-state index contributed by atoms with van der Waals surface area (Å²) < 4.78 is 0. The number of nitrogens with zero attached hydrogens (tertiary/aromatic N) is 1. The molecule has 4 nitrogen and oxygen atoms in total. The van der Waals surface area contributed by atoms with Crippen molar-refractivity contribution in [2.24, 2.45) is 11.7 Å². The van der Waals surface area contributed by atoms with Gasteiger partial charge in [0.25, 0.3) is 5.91 Å². The molecule has 1 aromatic heterocycles.